The number of alkyl halides is 1. The minimum atomic E-state index is -1.22. The maximum atomic E-state index is 13.5. The molecule has 0 aromatic heterocycles. The zero-order chi connectivity index (χ0) is 7.90. The van der Waals surface area contributed by atoms with Crippen LogP contribution in [0.15, 0.2) is 30.3 Å². The van der Waals surface area contributed by atoms with Gasteiger partial charge in [0.25, 0.3) is 0 Å². The van der Waals surface area contributed by atoms with Gasteiger partial charge in [0.2, 0.25) is 0 Å². The van der Waals surface area contributed by atoms with Gasteiger partial charge in [-0.15, -0.1) is 0 Å². The van der Waals surface area contributed by atoms with Crippen molar-refractivity contribution in [2.24, 2.45) is 5.73 Å². The van der Waals surface area contributed by atoms with Crippen LogP contribution < -0.4 is 5.73 Å². The smallest absolute Gasteiger partial charge is 0.152 e. The molecule has 1 aromatic rings. The molecule has 58 valence electrons. The van der Waals surface area contributed by atoms with E-state index >= 15 is 0 Å². The van der Waals surface area contributed by atoms with E-state index in [0.29, 0.717) is 12.0 Å². The molecule has 0 unspecified atom stereocenters. The van der Waals surface area contributed by atoms with Crippen molar-refractivity contribution in [3.05, 3.63) is 35.9 Å². The summed E-state index contributed by atoms with van der Waals surface area (Å²) in [6, 6.07) is 8.83. The molecule has 0 bridgehead atoms. The molecule has 0 aliphatic heterocycles. The van der Waals surface area contributed by atoms with Crippen LogP contribution in [0.2, 0.25) is 0 Å². The van der Waals surface area contributed by atoms with Crippen LogP contribution in [0.5, 0.6) is 0 Å². The summed E-state index contributed by atoms with van der Waals surface area (Å²) in [6.45, 7) is 0. The van der Waals surface area contributed by atoms with Gasteiger partial charge >= 0.3 is 0 Å². The molecule has 1 saturated carbocycles. The van der Waals surface area contributed by atoms with E-state index in [2.05, 4.69) is 0 Å². The van der Waals surface area contributed by atoms with Crippen molar-refractivity contribution < 1.29 is 4.39 Å². The molecule has 0 saturated heterocycles. The zero-order valence-electron chi connectivity index (χ0n) is 6.13. The average Bonchev–Trinajstić information content (AvgIpc) is 2.64. The topological polar surface area (TPSA) is 26.0 Å². The second-order valence-corrected chi connectivity index (χ2v) is 3.04. The Morgan fingerprint density at radius 2 is 1.91 bits per heavy atom. The lowest BCUT2D eigenvalue weighted by molar-refractivity contribution is 0.306. The Kier molecular flexibility index (Phi) is 1.26. The highest BCUT2D eigenvalue weighted by molar-refractivity contribution is 5.31. The molecule has 1 aromatic carbocycles. The van der Waals surface area contributed by atoms with Crippen molar-refractivity contribution in [2.45, 2.75) is 18.1 Å². The van der Waals surface area contributed by atoms with Crippen molar-refractivity contribution in [2.75, 3.05) is 0 Å². The minimum Gasteiger partial charge on any atom is -0.325 e. The lowest BCUT2D eigenvalue weighted by Gasteiger charge is -2.04. The summed E-state index contributed by atoms with van der Waals surface area (Å²) in [4.78, 5) is 0. The molecular weight excluding hydrogens is 141 g/mol. The van der Waals surface area contributed by atoms with Crippen LogP contribution >= 0.6 is 0 Å². The third kappa shape index (κ3) is 0.942. The van der Waals surface area contributed by atoms with Crippen LogP contribution in [-0.4, -0.2) is 6.04 Å². The summed E-state index contributed by atoms with van der Waals surface area (Å²) < 4.78 is 13.5. The van der Waals surface area contributed by atoms with Gasteiger partial charge in [-0.2, -0.15) is 0 Å². The first-order chi connectivity index (χ1) is 5.23. The summed E-state index contributed by atoms with van der Waals surface area (Å²) >= 11 is 0. The Morgan fingerprint density at radius 3 is 2.36 bits per heavy atom. The molecule has 1 aliphatic carbocycles. The van der Waals surface area contributed by atoms with Gasteiger partial charge in [-0.1, -0.05) is 30.3 Å². The first-order valence-corrected chi connectivity index (χ1v) is 3.73. The van der Waals surface area contributed by atoms with Gasteiger partial charge in [0.1, 0.15) is 0 Å². The van der Waals surface area contributed by atoms with Gasteiger partial charge in [0, 0.05) is 12.5 Å². The third-order valence-corrected chi connectivity index (χ3v) is 2.20. The fourth-order valence-electron chi connectivity index (χ4n) is 1.31. The van der Waals surface area contributed by atoms with Crippen molar-refractivity contribution in [3.8, 4) is 0 Å². The Morgan fingerprint density at radius 1 is 1.36 bits per heavy atom. The molecule has 0 radical (unpaired) electrons. The fourth-order valence-corrected chi connectivity index (χ4v) is 1.31. The normalized spacial score (nSPS) is 35.3. The van der Waals surface area contributed by atoms with Crippen molar-refractivity contribution >= 4 is 0 Å². The first-order valence-electron chi connectivity index (χ1n) is 3.73. The molecule has 2 atom stereocenters. The van der Waals surface area contributed by atoms with Crippen LogP contribution in [0.4, 0.5) is 4.39 Å². The number of rotatable bonds is 1. The molecule has 1 aliphatic rings. The van der Waals surface area contributed by atoms with E-state index in [9.17, 15) is 4.39 Å². The van der Waals surface area contributed by atoms with Crippen molar-refractivity contribution in [1.29, 1.82) is 0 Å². The van der Waals surface area contributed by atoms with E-state index in [4.69, 9.17) is 5.73 Å². The number of nitrogens with two attached hydrogens (primary N) is 1. The van der Waals surface area contributed by atoms with Gasteiger partial charge in [0.15, 0.2) is 5.67 Å². The molecule has 0 amide bonds. The zero-order valence-corrected chi connectivity index (χ0v) is 6.13. The third-order valence-electron chi connectivity index (χ3n) is 2.20. The van der Waals surface area contributed by atoms with Gasteiger partial charge in [-0.05, 0) is 5.56 Å². The molecule has 2 N–H and O–H groups in total. The lowest BCUT2D eigenvalue weighted by atomic mass is 10.1. The van der Waals surface area contributed by atoms with Gasteiger partial charge in [-0.3, -0.25) is 0 Å². The molecular formula is C9H10FN. The SMILES string of the molecule is N[C@@H]1C[C@]1(F)c1ccccc1. The van der Waals surface area contributed by atoms with E-state index in [1.165, 1.54) is 0 Å². The molecule has 11 heavy (non-hydrogen) atoms. The molecule has 2 heteroatoms. The van der Waals surface area contributed by atoms with Gasteiger partial charge < -0.3 is 5.73 Å². The highest BCUT2D eigenvalue weighted by atomic mass is 19.1. The maximum absolute atomic E-state index is 13.5. The Labute approximate surface area is 65.0 Å². The Balaban J connectivity index is 2.32. The van der Waals surface area contributed by atoms with Crippen LogP contribution in [0.3, 0.4) is 0 Å². The van der Waals surface area contributed by atoms with Crippen LogP contribution in [0, 0.1) is 0 Å². The van der Waals surface area contributed by atoms with Crippen LogP contribution in [0.25, 0.3) is 0 Å². The van der Waals surface area contributed by atoms with Crippen molar-refractivity contribution in [1.82, 2.24) is 0 Å². The summed E-state index contributed by atoms with van der Waals surface area (Å²) in [5.41, 5.74) is 4.95. The second-order valence-electron chi connectivity index (χ2n) is 3.04. The van der Waals surface area contributed by atoms with Crippen LogP contribution in [-0.2, 0) is 5.67 Å². The number of benzene rings is 1. The quantitative estimate of drug-likeness (QED) is 0.648. The highest BCUT2D eigenvalue weighted by Gasteiger charge is 2.54. The van der Waals surface area contributed by atoms with E-state index in [1.807, 2.05) is 18.2 Å². The minimum absolute atomic E-state index is 0.287. The Hall–Kier alpha value is -0.890. The predicted octanol–water partition coefficient (Wildman–Crippen LogP) is 1.58. The molecule has 1 fully saturated rings. The number of hydrogen-bond donors (Lipinski definition) is 1. The predicted molar refractivity (Wildman–Crippen MR) is 41.8 cm³/mol. The first kappa shape index (κ1) is 6.80. The molecule has 2 rings (SSSR count). The molecule has 0 spiro atoms. The monoisotopic (exact) mass is 151 g/mol. The molecule has 0 heterocycles. The number of halogens is 1. The fraction of sp³-hybridized carbons (Fsp3) is 0.333. The Bertz CT molecular complexity index is 260. The molecule has 1 nitrogen and oxygen atoms in total. The summed E-state index contributed by atoms with van der Waals surface area (Å²) in [6.07, 6.45) is 0.469. The van der Waals surface area contributed by atoms with Crippen molar-refractivity contribution in [3.63, 3.8) is 0 Å². The van der Waals surface area contributed by atoms with E-state index in [-0.39, 0.29) is 6.04 Å². The van der Waals surface area contributed by atoms with Gasteiger partial charge in [-0.25, -0.2) is 4.39 Å². The summed E-state index contributed by atoms with van der Waals surface area (Å²) in [7, 11) is 0. The summed E-state index contributed by atoms with van der Waals surface area (Å²) in [5, 5.41) is 0. The van der Waals surface area contributed by atoms with E-state index in [1.54, 1.807) is 12.1 Å². The lowest BCUT2D eigenvalue weighted by Crippen LogP contribution is -2.12. The van der Waals surface area contributed by atoms with E-state index < -0.39 is 5.67 Å². The standard InChI is InChI=1S/C9H10FN/c10-9(6-8(9)11)7-4-2-1-3-5-7/h1-5,8H,6,11H2/t8-,9+/m1/s1. The maximum Gasteiger partial charge on any atom is 0.152 e. The van der Waals surface area contributed by atoms with Crippen LogP contribution in [0.1, 0.15) is 12.0 Å². The van der Waals surface area contributed by atoms with E-state index in [0.717, 1.165) is 0 Å². The largest absolute Gasteiger partial charge is 0.325 e. The number of hydrogen-bond acceptors (Lipinski definition) is 1. The second kappa shape index (κ2) is 2.05. The summed E-state index contributed by atoms with van der Waals surface area (Å²) in [5.74, 6) is 0. The average molecular weight is 151 g/mol. The highest BCUT2D eigenvalue weighted by Crippen LogP contribution is 2.48. The van der Waals surface area contributed by atoms with Gasteiger partial charge in [0.05, 0.1) is 0 Å².